The number of halogens is 6. The van der Waals surface area contributed by atoms with E-state index >= 15 is 0 Å². The molecule has 0 bridgehead atoms. The normalized spacial score (nSPS) is 12.2. The van der Waals surface area contributed by atoms with Crippen molar-refractivity contribution in [2.24, 2.45) is 0 Å². The third-order valence-electron chi connectivity index (χ3n) is 4.92. The summed E-state index contributed by atoms with van der Waals surface area (Å²) >= 11 is 12.1. The molecule has 1 amide bonds. The van der Waals surface area contributed by atoms with Gasteiger partial charge in [0.1, 0.15) is 17.3 Å². The van der Waals surface area contributed by atoms with Crippen LogP contribution in [0, 0.1) is 5.82 Å². The molecule has 3 aromatic carbocycles. The van der Waals surface area contributed by atoms with Crippen molar-refractivity contribution in [3.63, 3.8) is 0 Å². The number of rotatable bonds is 9. The van der Waals surface area contributed by atoms with Gasteiger partial charge in [0.25, 0.3) is 5.91 Å². The molecule has 35 heavy (non-hydrogen) atoms. The van der Waals surface area contributed by atoms with Crippen LogP contribution in [0.25, 0.3) is 11.1 Å². The largest absolute Gasteiger partial charge is 0.573 e. The van der Waals surface area contributed by atoms with Gasteiger partial charge in [-0.2, -0.15) is 0 Å². The van der Waals surface area contributed by atoms with E-state index in [0.717, 1.165) is 6.07 Å². The summed E-state index contributed by atoms with van der Waals surface area (Å²) in [7, 11) is 0. The zero-order chi connectivity index (χ0) is 25.6. The fraction of sp³-hybridized carbons (Fsp3) is 0.240. The summed E-state index contributed by atoms with van der Waals surface area (Å²) < 4.78 is 61.2. The highest BCUT2D eigenvalue weighted by Crippen LogP contribution is 2.34. The van der Waals surface area contributed by atoms with E-state index in [0.29, 0.717) is 35.5 Å². The van der Waals surface area contributed by atoms with Gasteiger partial charge in [0, 0.05) is 11.4 Å². The van der Waals surface area contributed by atoms with Crippen LogP contribution >= 0.6 is 23.2 Å². The van der Waals surface area contributed by atoms with Crippen LogP contribution in [0.4, 0.5) is 17.6 Å². The predicted octanol–water partition coefficient (Wildman–Crippen LogP) is 7.54. The van der Waals surface area contributed by atoms with Gasteiger partial charge < -0.3 is 14.8 Å². The molecule has 0 saturated carbocycles. The first-order chi connectivity index (χ1) is 16.6. The molecule has 1 N–H and O–H groups in total. The van der Waals surface area contributed by atoms with E-state index in [4.69, 9.17) is 27.9 Å². The summed E-state index contributed by atoms with van der Waals surface area (Å²) in [6.45, 7) is 2.29. The molecule has 186 valence electrons. The van der Waals surface area contributed by atoms with Gasteiger partial charge in [0.05, 0.1) is 23.2 Å². The van der Waals surface area contributed by atoms with E-state index in [1.807, 2.05) is 6.92 Å². The van der Waals surface area contributed by atoms with Gasteiger partial charge in [0.15, 0.2) is 0 Å². The molecule has 0 heterocycles. The van der Waals surface area contributed by atoms with Gasteiger partial charge >= 0.3 is 6.36 Å². The van der Waals surface area contributed by atoms with Gasteiger partial charge in [-0.3, -0.25) is 4.79 Å². The van der Waals surface area contributed by atoms with E-state index in [-0.39, 0.29) is 22.2 Å². The average molecular weight is 530 g/mol. The number of hydrogen-bond donors (Lipinski definition) is 1. The van der Waals surface area contributed by atoms with Crippen molar-refractivity contribution in [3.05, 3.63) is 82.6 Å². The van der Waals surface area contributed by atoms with Gasteiger partial charge in [-0.05, 0) is 47.9 Å². The van der Waals surface area contributed by atoms with Gasteiger partial charge in [-0.1, -0.05) is 48.9 Å². The van der Waals surface area contributed by atoms with Crippen LogP contribution in [0.1, 0.15) is 35.3 Å². The molecular weight excluding hydrogens is 509 g/mol. The van der Waals surface area contributed by atoms with Gasteiger partial charge in [0.2, 0.25) is 0 Å². The zero-order valence-corrected chi connectivity index (χ0v) is 20.0. The lowest BCUT2D eigenvalue weighted by Crippen LogP contribution is -2.31. The van der Waals surface area contributed by atoms with E-state index in [1.54, 1.807) is 18.2 Å². The second-order valence-electron chi connectivity index (χ2n) is 7.45. The van der Waals surface area contributed by atoms with Gasteiger partial charge in [-0.15, -0.1) is 24.8 Å². The maximum atomic E-state index is 14.2. The monoisotopic (exact) mass is 529 g/mol. The first kappa shape index (κ1) is 26.6. The smallest absolute Gasteiger partial charge is 0.493 e. The van der Waals surface area contributed by atoms with Crippen molar-refractivity contribution in [3.8, 4) is 22.6 Å². The number of benzene rings is 3. The van der Waals surface area contributed by atoms with Crippen LogP contribution in [-0.2, 0) is 0 Å². The molecule has 0 spiro atoms. The molecule has 1 atom stereocenters. The molecule has 10 heteroatoms. The molecule has 0 aromatic heterocycles. The molecule has 0 saturated heterocycles. The maximum absolute atomic E-state index is 14.2. The minimum Gasteiger partial charge on any atom is -0.493 e. The minimum absolute atomic E-state index is 0.0356. The van der Waals surface area contributed by atoms with E-state index < -0.39 is 24.1 Å². The first-order valence-corrected chi connectivity index (χ1v) is 11.5. The molecular formula is C25H21Cl2F4NO3. The number of amides is 1. The fourth-order valence-electron chi connectivity index (χ4n) is 3.33. The Morgan fingerprint density at radius 1 is 1.06 bits per heavy atom. The highest BCUT2D eigenvalue weighted by Gasteiger charge is 2.31. The Bertz CT molecular complexity index is 1150. The topological polar surface area (TPSA) is 47.6 Å². The molecule has 0 aliphatic rings. The Kier molecular flexibility index (Phi) is 8.86. The van der Waals surface area contributed by atoms with Crippen LogP contribution in [0.5, 0.6) is 11.5 Å². The molecule has 3 aromatic rings. The number of ether oxygens (including phenoxy) is 2. The number of carbonyl (C=O) groups is 1. The van der Waals surface area contributed by atoms with Crippen molar-refractivity contribution < 1.29 is 31.8 Å². The average Bonchev–Trinajstić information content (AvgIpc) is 2.80. The molecule has 0 fully saturated rings. The number of alkyl halides is 4. The van der Waals surface area contributed by atoms with Crippen molar-refractivity contribution >= 4 is 29.1 Å². The van der Waals surface area contributed by atoms with E-state index in [1.165, 1.54) is 36.4 Å². The van der Waals surface area contributed by atoms with Crippen LogP contribution in [0.2, 0.25) is 5.02 Å². The number of nitrogens with one attached hydrogen (secondary N) is 1. The molecule has 0 aliphatic carbocycles. The molecule has 1 unspecified atom stereocenters. The predicted molar refractivity (Wildman–Crippen MR) is 127 cm³/mol. The lowest BCUT2D eigenvalue weighted by atomic mass is 9.99. The van der Waals surface area contributed by atoms with Crippen LogP contribution in [-0.4, -0.2) is 24.8 Å². The highest BCUT2D eigenvalue weighted by atomic mass is 35.5. The van der Waals surface area contributed by atoms with Crippen molar-refractivity contribution in [1.82, 2.24) is 5.32 Å². The fourth-order valence-corrected chi connectivity index (χ4v) is 3.82. The van der Waals surface area contributed by atoms with E-state index in [2.05, 4.69) is 10.1 Å². The standard InChI is InChI=1S/C25H21Cl2F4NO3/c1-2-12-34-22-13-16(15-6-9-17(10-7-15)35-25(29,30)31)8-11-18(22)21(14-26)32-24(33)23-19(27)4-3-5-20(23)28/h3-11,13,21H,2,12,14H2,1H3,(H,32,33). The first-order valence-electron chi connectivity index (χ1n) is 10.6. The Hall–Kier alpha value is -2.97. The summed E-state index contributed by atoms with van der Waals surface area (Å²) in [4.78, 5) is 12.7. The third-order valence-corrected chi connectivity index (χ3v) is 5.54. The van der Waals surface area contributed by atoms with Gasteiger partial charge in [-0.25, -0.2) is 4.39 Å². The summed E-state index contributed by atoms with van der Waals surface area (Å²) in [5.74, 6) is -1.45. The Labute approximate surface area is 209 Å². The van der Waals surface area contributed by atoms with E-state index in [9.17, 15) is 22.4 Å². The number of hydrogen-bond acceptors (Lipinski definition) is 3. The maximum Gasteiger partial charge on any atom is 0.573 e. The second-order valence-corrected chi connectivity index (χ2v) is 8.17. The minimum atomic E-state index is -4.78. The van der Waals surface area contributed by atoms with Crippen LogP contribution in [0.3, 0.4) is 0 Å². The Morgan fingerprint density at radius 2 is 1.74 bits per heavy atom. The molecule has 0 aliphatic heterocycles. The summed E-state index contributed by atoms with van der Waals surface area (Å²) in [5, 5.41) is 2.65. The lowest BCUT2D eigenvalue weighted by Gasteiger charge is -2.21. The van der Waals surface area contributed by atoms with Crippen LogP contribution < -0.4 is 14.8 Å². The Balaban J connectivity index is 1.90. The Morgan fingerprint density at radius 3 is 2.34 bits per heavy atom. The molecule has 3 rings (SSSR count). The van der Waals surface area contributed by atoms with Crippen LogP contribution in [0.15, 0.2) is 60.7 Å². The lowest BCUT2D eigenvalue weighted by molar-refractivity contribution is -0.274. The molecule has 4 nitrogen and oxygen atoms in total. The molecule has 0 radical (unpaired) electrons. The summed E-state index contributed by atoms with van der Waals surface area (Å²) in [6, 6.07) is 13.7. The van der Waals surface area contributed by atoms with Crippen molar-refractivity contribution in [1.29, 1.82) is 0 Å². The van der Waals surface area contributed by atoms with Crippen molar-refractivity contribution in [2.75, 3.05) is 12.5 Å². The quantitative estimate of drug-likeness (QED) is 0.230. The second kappa shape index (κ2) is 11.6. The summed E-state index contributed by atoms with van der Waals surface area (Å²) in [5.41, 5.74) is 1.54. The SMILES string of the molecule is CCCOc1cc(-c2ccc(OC(F)(F)F)cc2)ccc1C(CCl)NC(=O)c1c(F)cccc1Cl. The summed E-state index contributed by atoms with van der Waals surface area (Å²) in [6.07, 6.45) is -4.08. The zero-order valence-electron chi connectivity index (χ0n) is 18.5. The highest BCUT2D eigenvalue weighted by molar-refractivity contribution is 6.33. The van der Waals surface area contributed by atoms with Crippen molar-refractivity contribution in [2.45, 2.75) is 25.7 Å². The third kappa shape index (κ3) is 7.02. The number of carbonyl (C=O) groups excluding carboxylic acids is 1.